The molecule has 0 unspecified atom stereocenters. The first-order valence-corrected chi connectivity index (χ1v) is 10.0. The van der Waals surface area contributed by atoms with Crippen molar-refractivity contribution in [2.24, 2.45) is 18.9 Å². The van der Waals surface area contributed by atoms with Gasteiger partial charge in [0.2, 0.25) is 5.91 Å². The normalized spacial score (nSPS) is 17.9. The quantitative estimate of drug-likeness (QED) is 0.332. The molecule has 2 atom stereocenters. The number of rotatable bonds is 14. The molecule has 1 fully saturated rings. The van der Waals surface area contributed by atoms with E-state index in [1.807, 2.05) is 20.0 Å². The van der Waals surface area contributed by atoms with E-state index in [1.54, 1.807) is 23.6 Å². The van der Waals surface area contributed by atoms with Gasteiger partial charge >= 0.3 is 5.97 Å². The fraction of sp³-hybridized carbons (Fsp3) is 0.750. The van der Waals surface area contributed by atoms with E-state index in [0.717, 1.165) is 17.8 Å². The van der Waals surface area contributed by atoms with Crippen molar-refractivity contribution in [2.45, 2.75) is 26.8 Å². The molecule has 2 rings (SSSR count). The number of aromatic nitrogens is 2. The maximum atomic E-state index is 12.7. The van der Waals surface area contributed by atoms with Crippen LogP contribution in [-0.4, -0.2) is 79.9 Å². The summed E-state index contributed by atoms with van der Waals surface area (Å²) in [6, 6.07) is 1.96. The monoisotopic (exact) mass is 411 g/mol. The van der Waals surface area contributed by atoms with Gasteiger partial charge in [-0.25, -0.2) is 0 Å². The fourth-order valence-electron chi connectivity index (χ4n) is 3.05. The average Bonchev–Trinajstić information content (AvgIpc) is 3.38. The van der Waals surface area contributed by atoms with Gasteiger partial charge in [-0.3, -0.25) is 14.3 Å². The summed E-state index contributed by atoms with van der Waals surface area (Å²) in [6.45, 7) is 6.75. The molecular weight excluding hydrogens is 378 g/mol. The van der Waals surface area contributed by atoms with Crippen LogP contribution in [0.3, 0.4) is 0 Å². The third kappa shape index (κ3) is 7.75. The van der Waals surface area contributed by atoms with Crippen LogP contribution in [0.25, 0.3) is 0 Å². The molecule has 1 aromatic rings. The topological polar surface area (TPSA) is 92.1 Å². The van der Waals surface area contributed by atoms with Crippen LogP contribution in [0, 0.1) is 18.8 Å². The maximum Gasteiger partial charge on any atom is 0.309 e. The summed E-state index contributed by atoms with van der Waals surface area (Å²) in [5.41, 5.74) is 1.84. The summed E-state index contributed by atoms with van der Waals surface area (Å²) in [6.07, 6.45) is 0.748. The van der Waals surface area contributed by atoms with Crippen molar-refractivity contribution in [3.05, 3.63) is 17.5 Å². The van der Waals surface area contributed by atoms with Crippen LogP contribution in [-0.2, 0) is 42.1 Å². The minimum absolute atomic E-state index is 0.0315. The van der Waals surface area contributed by atoms with Gasteiger partial charge in [0.05, 0.1) is 51.2 Å². The number of hydrogen-bond donors (Lipinski definition) is 0. The summed E-state index contributed by atoms with van der Waals surface area (Å²) >= 11 is 0. The zero-order valence-electron chi connectivity index (χ0n) is 17.9. The minimum Gasteiger partial charge on any atom is -0.466 e. The minimum atomic E-state index is -0.178. The van der Waals surface area contributed by atoms with Crippen LogP contribution in [0.4, 0.5) is 0 Å². The molecule has 9 nitrogen and oxygen atoms in total. The Hall–Kier alpha value is -1.97. The standard InChI is InChI=1S/C20H33N3O6/c1-5-29-20(25)18-11-16(18)12-23(13-17-10-15(2)22(3)21-17)19(24)14-28-9-8-27-7-6-26-4/h10,16,18H,5-9,11-14H2,1-4H3/t16-,18-/m1/s1. The van der Waals surface area contributed by atoms with Gasteiger partial charge in [-0.15, -0.1) is 0 Å². The van der Waals surface area contributed by atoms with E-state index in [0.29, 0.717) is 46.1 Å². The molecular formula is C20H33N3O6. The molecule has 0 aromatic carbocycles. The Kier molecular flexibility index (Phi) is 9.56. The van der Waals surface area contributed by atoms with E-state index in [-0.39, 0.29) is 30.3 Å². The summed E-state index contributed by atoms with van der Waals surface area (Å²) in [4.78, 5) is 26.4. The third-order valence-electron chi connectivity index (χ3n) is 4.87. The van der Waals surface area contributed by atoms with E-state index in [1.165, 1.54) is 0 Å². The molecule has 0 saturated heterocycles. The zero-order valence-corrected chi connectivity index (χ0v) is 17.9. The lowest BCUT2D eigenvalue weighted by Crippen LogP contribution is -2.36. The van der Waals surface area contributed by atoms with Gasteiger partial charge in [0.15, 0.2) is 0 Å². The highest BCUT2D eigenvalue weighted by atomic mass is 16.5. The van der Waals surface area contributed by atoms with Crippen LogP contribution < -0.4 is 0 Å². The molecule has 1 aliphatic carbocycles. The Morgan fingerprint density at radius 2 is 1.97 bits per heavy atom. The highest BCUT2D eigenvalue weighted by molar-refractivity contribution is 5.78. The lowest BCUT2D eigenvalue weighted by molar-refractivity contribution is -0.145. The molecule has 0 N–H and O–H groups in total. The number of amides is 1. The first-order chi connectivity index (χ1) is 14.0. The van der Waals surface area contributed by atoms with Gasteiger partial charge in [-0.2, -0.15) is 5.10 Å². The predicted octanol–water partition coefficient (Wildman–Crippen LogP) is 0.936. The fourth-order valence-corrected chi connectivity index (χ4v) is 3.05. The molecule has 0 aliphatic heterocycles. The number of methoxy groups -OCH3 is 1. The second-order valence-corrected chi connectivity index (χ2v) is 7.19. The Balaban J connectivity index is 1.85. The maximum absolute atomic E-state index is 12.7. The van der Waals surface area contributed by atoms with Crippen molar-refractivity contribution in [3.8, 4) is 0 Å². The Morgan fingerprint density at radius 3 is 2.62 bits per heavy atom. The van der Waals surface area contributed by atoms with Crippen LogP contribution in [0.15, 0.2) is 6.07 Å². The smallest absolute Gasteiger partial charge is 0.309 e. The van der Waals surface area contributed by atoms with Gasteiger partial charge in [-0.1, -0.05) is 0 Å². The highest BCUT2D eigenvalue weighted by Crippen LogP contribution is 2.40. The molecule has 1 amide bonds. The van der Waals surface area contributed by atoms with Crippen molar-refractivity contribution >= 4 is 11.9 Å². The number of ether oxygens (including phenoxy) is 4. The number of esters is 1. The molecule has 164 valence electrons. The summed E-state index contributed by atoms with van der Waals surface area (Å²) in [5.74, 6) is -0.297. The SMILES string of the molecule is CCOC(=O)[C@@H]1C[C@@H]1CN(Cc1cc(C)n(C)n1)C(=O)COCCOCCOC. The van der Waals surface area contributed by atoms with Crippen molar-refractivity contribution in [3.63, 3.8) is 0 Å². The second kappa shape index (κ2) is 11.9. The average molecular weight is 411 g/mol. The van der Waals surface area contributed by atoms with Gasteiger partial charge < -0.3 is 23.8 Å². The van der Waals surface area contributed by atoms with Crippen molar-refractivity contribution in [2.75, 3.05) is 53.3 Å². The van der Waals surface area contributed by atoms with E-state index in [2.05, 4.69) is 5.10 Å². The molecule has 0 radical (unpaired) electrons. The summed E-state index contributed by atoms with van der Waals surface area (Å²) < 4.78 is 22.6. The Labute approximate surface area is 172 Å². The molecule has 9 heteroatoms. The van der Waals surface area contributed by atoms with Crippen LogP contribution in [0.1, 0.15) is 24.7 Å². The largest absolute Gasteiger partial charge is 0.466 e. The van der Waals surface area contributed by atoms with E-state index < -0.39 is 0 Å². The van der Waals surface area contributed by atoms with E-state index >= 15 is 0 Å². The van der Waals surface area contributed by atoms with Gasteiger partial charge in [-0.05, 0) is 32.3 Å². The first kappa shape index (κ1) is 23.3. The first-order valence-electron chi connectivity index (χ1n) is 10.0. The molecule has 1 saturated carbocycles. The van der Waals surface area contributed by atoms with Crippen LogP contribution >= 0.6 is 0 Å². The van der Waals surface area contributed by atoms with Gasteiger partial charge in [0, 0.05) is 26.4 Å². The second-order valence-electron chi connectivity index (χ2n) is 7.19. The number of hydrogen-bond acceptors (Lipinski definition) is 7. The van der Waals surface area contributed by atoms with Crippen molar-refractivity contribution in [1.82, 2.24) is 14.7 Å². The zero-order chi connectivity index (χ0) is 21.2. The number of aryl methyl sites for hydroxylation is 2. The Bertz CT molecular complexity index is 643. The highest BCUT2D eigenvalue weighted by Gasteiger charge is 2.45. The number of carbonyl (C=O) groups is 2. The number of nitrogens with zero attached hydrogens (tertiary/aromatic N) is 3. The lowest BCUT2D eigenvalue weighted by atomic mass is 10.2. The van der Waals surface area contributed by atoms with E-state index in [4.69, 9.17) is 18.9 Å². The van der Waals surface area contributed by atoms with E-state index in [9.17, 15) is 9.59 Å². The molecule has 0 spiro atoms. The molecule has 29 heavy (non-hydrogen) atoms. The lowest BCUT2D eigenvalue weighted by Gasteiger charge is -2.22. The molecule has 1 aliphatic rings. The molecule has 0 bridgehead atoms. The summed E-state index contributed by atoms with van der Waals surface area (Å²) in [5, 5.41) is 4.44. The van der Waals surface area contributed by atoms with Crippen LogP contribution in [0.2, 0.25) is 0 Å². The Morgan fingerprint density at radius 1 is 1.24 bits per heavy atom. The van der Waals surface area contributed by atoms with Crippen LogP contribution in [0.5, 0.6) is 0 Å². The van der Waals surface area contributed by atoms with Crippen molar-refractivity contribution in [1.29, 1.82) is 0 Å². The van der Waals surface area contributed by atoms with Crippen molar-refractivity contribution < 1.29 is 28.5 Å². The number of carbonyl (C=O) groups excluding carboxylic acids is 2. The van der Waals surface area contributed by atoms with Gasteiger partial charge in [0.1, 0.15) is 6.61 Å². The predicted molar refractivity (Wildman–Crippen MR) is 105 cm³/mol. The summed E-state index contributed by atoms with van der Waals surface area (Å²) in [7, 11) is 3.48. The molecule has 1 aromatic heterocycles. The third-order valence-corrected chi connectivity index (χ3v) is 4.87. The molecule has 1 heterocycles. The van der Waals surface area contributed by atoms with Gasteiger partial charge in [0.25, 0.3) is 0 Å².